The molecule has 0 N–H and O–H groups in total. The molecule has 3 rings (SSSR count). The molecule has 7 nitrogen and oxygen atoms in total. The number of nitro groups is 1. The van der Waals surface area contributed by atoms with Gasteiger partial charge in [-0.25, -0.2) is 0 Å². The molecule has 1 aliphatic heterocycles. The van der Waals surface area contributed by atoms with Gasteiger partial charge < -0.3 is 9.47 Å². The van der Waals surface area contributed by atoms with Crippen LogP contribution in [0.1, 0.15) is 23.6 Å². The first-order valence-corrected chi connectivity index (χ1v) is 10.9. The molecule has 1 heterocycles. The number of carbonyl (C=O) groups is 1. The van der Waals surface area contributed by atoms with Crippen molar-refractivity contribution in [3.63, 3.8) is 0 Å². The summed E-state index contributed by atoms with van der Waals surface area (Å²) < 4.78 is 12.1. The molecule has 0 aromatic heterocycles. The van der Waals surface area contributed by atoms with Crippen LogP contribution in [0.25, 0.3) is 6.08 Å². The first-order chi connectivity index (χ1) is 14.8. The second kappa shape index (κ2) is 9.93. The first kappa shape index (κ1) is 22.8. The SMILES string of the molecule is CCc1cc(C)cc(OCCOc2ccc([N+](=O)[O-])cc2/C=C2/SC(=S)N(C)C2=O)c1. The molecule has 1 aliphatic rings. The molecule has 0 bridgehead atoms. The molecule has 0 spiro atoms. The predicted octanol–water partition coefficient (Wildman–Crippen LogP) is 4.75. The lowest BCUT2D eigenvalue weighted by atomic mass is 10.1. The largest absolute Gasteiger partial charge is 0.490 e. The number of nitro benzene ring substituents is 1. The van der Waals surface area contributed by atoms with Crippen molar-refractivity contribution in [2.75, 3.05) is 20.3 Å². The zero-order valence-electron chi connectivity index (χ0n) is 17.4. The van der Waals surface area contributed by atoms with E-state index < -0.39 is 4.92 Å². The maximum absolute atomic E-state index is 12.3. The van der Waals surface area contributed by atoms with E-state index in [1.54, 1.807) is 13.1 Å². The van der Waals surface area contributed by atoms with Gasteiger partial charge in [-0.2, -0.15) is 0 Å². The van der Waals surface area contributed by atoms with Gasteiger partial charge in [0.15, 0.2) is 0 Å². The van der Waals surface area contributed by atoms with Gasteiger partial charge in [-0.1, -0.05) is 37.0 Å². The standard InChI is InChI=1S/C22H22N2O5S2/c1-4-15-9-14(2)10-18(11-15)28-7-8-29-19-6-5-17(24(26)27)12-16(19)13-20-21(25)23(3)22(30)31-20/h5-6,9-13H,4,7-8H2,1-3H3/b20-13+. The van der Waals surface area contributed by atoms with Gasteiger partial charge in [-0.3, -0.25) is 19.8 Å². The normalized spacial score (nSPS) is 14.9. The lowest BCUT2D eigenvalue weighted by Crippen LogP contribution is -2.22. The Balaban J connectivity index is 1.74. The number of ether oxygens (including phenoxy) is 2. The fourth-order valence-electron chi connectivity index (χ4n) is 3.00. The Morgan fingerprint density at radius 2 is 1.94 bits per heavy atom. The first-order valence-electron chi connectivity index (χ1n) is 9.64. The van der Waals surface area contributed by atoms with Crippen LogP contribution in [0.2, 0.25) is 0 Å². The second-order valence-corrected chi connectivity index (χ2v) is 8.60. The van der Waals surface area contributed by atoms with Crippen LogP contribution < -0.4 is 9.47 Å². The Hall–Kier alpha value is -2.91. The molecule has 1 fully saturated rings. The van der Waals surface area contributed by atoms with Gasteiger partial charge in [0.2, 0.25) is 0 Å². The number of nitrogens with zero attached hydrogens (tertiary/aromatic N) is 2. The topological polar surface area (TPSA) is 81.9 Å². The molecule has 0 atom stereocenters. The highest BCUT2D eigenvalue weighted by molar-refractivity contribution is 8.26. The Bertz CT molecular complexity index is 1070. The van der Waals surface area contributed by atoms with Crippen LogP contribution in [0.3, 0.4) is 0 Å². The zero-order chi connectivity index (χ0) is 22.5. The van der Waals surface area contributed by atoms with E-state index in [1.165, 1.54) is 28.7 Å². The molecule has 0 aliphatic carbocycles. The molecule has 1 saturated heterocycles. The highest BCUT2D eigenvalue weighted by Crippen LogP contribution is 2.34. The number of thioether (sulfide) groups is 1. The summed E-state index contributed by atoms with van der Waals surface area (Å²) in [4.78, 5) is 24.8. The van der Waals surface area contributed by atoms with E-state index in [2.05, 4.69) is 13.0 Å². The number of likely N-dealkylation sites (N-methyl/N-ethyl adjacent to an activating group) is 1. The number of amides is 1. The van der Waals surface area contributed by atoms with Crippen LogP contribution >= 0.6 is 24.0 Å². The average Bonchev–Trinajstić information content (AvgIpc) is 2.98. The molecule has 31 heavy (non-hydrogen) atoms. The van der Waals surface area contributed by atoms with Crippen molar-refractivity contribution in [2.24, 2.45) is 0 Å². The van der Waals surface area contributed by atoms with Crippen molar-refractivity contribution < 1.29 is 19.2 Å². The van der Waals surface area contributed by atoms with E-state index in [9.17, 15) is 14.9 Å². The summed E-state index contributed by atoms with van der Waals surface area (Å²) in [7, 11) is 1.59. The van der Waals surface area contributed by atoms with E-state index in [0.717, 1.165) is 29.5 Å². The Kier molecular flexibility index (Phi) is 7.29. The Morgan fingerprint density at radius 1 is 1.19 bits per heavy atom. The summed E-state index contributed by atoms with van der Waals surface area (Å²) in [6.07, 6.45) is 2.49. The Morgan fingerprint density at radius 3 is 2.58 bits per heavy atom. The summed E-state index contributed by atoms with van der Waals surface area (Å²) in [5.41, 5.74) is 2.67. The van der Waals surface area contributed by atoms with E-state index in [1.807, 2.05) is 19.1 Å². The molecule has 2 aromatic carbocycles. The summed E-state index contributed by atoms with van der Waals surface area (Å²) in [6.45, 7) is 4.65. The van der Waals surface area contributed by atoms with Crippen molar-refractivity contribution in [2.45, 2.75) is 20.3 Å². The van der Waals surface area contributed by atoms with Crippen LogP contribution in [0.15, 0.2) is 41.3 Å². The van der Waals surface area contributed by atoms with E-state index in [-0.39, 0.29) is 18.2 Å². The second-order valence-electron chi connectivity index (χ2n) is 6.92. The number of carbonyl (C=O) groups excluding carboxylic acids is 1. The molecule has 162 valence electrons. The van der Waals surface area contributed by atoms with E-state index in [0.29, 0.717) is 27.1 Å². The number of hydrogen-bond donors (Lipinski definition) is 0. The van der Waals surface area contributed by atoms with Crippen molar-refractivity contribution >= 4 is 46.0 Å². The zero-order valence-corrected chi connectivity index (χ0v) is 19.0. The smallest absolute Gasteiger partial charge is 0.270 e. The summed E-state index contributed by atoms with van der Waals surface area (Å²) in [5, 5.41) is 11.2. The highest BCUT2D eigenvalue weighted by Gasteiger charge is 2.29. The summed E-state index contributed by atoms with van der Waals surface area (Å²) in [5.74, 6) is 0.951. The highest BCUT2D eigenvalue weighted by atomic mass is 32.2. The van der Waals surface area contributed by atoms with E-state index >= 15 is 0 Å². The molecular formula is C22H22N2O5S2. The van der Waals surface area contributed by atoms with E-state index in [4.69, 9.17) is 21.7 Å². The molecular weight excluding hydrogens is 436 g/mol. The molecule has 2 aromatic rings. The van der Waals surface area contributed by atoms with Gasteiger partial charge in [-0.15, -0.1) is 0 Å². The minimum Gasteiger partial charge on any atom is -0.490 e. The average molecular weight is 459 g/mol. The Labute approximate surface area is 190 Å². The molecule has 1 amide bonds. The van der Waals surface area contributed by atoms with Crippen LogP contribution in [0.4, 0.5) is 5.69 Å². The van der Waals surface area contributed by atoms with Gasteiger partial charge in [0.25, 0.3) is 11.6 Å². The number of aryl methyl sites for hydroxylation is 2. The lowest BCUT2D eigenvalue weighted by molar-refractivity contribution is -0.384. The minimum atomic E-state index is -0.488. The monoisotopic (exact) mass is 458 g/mol. The van der Waals surface area contributed by atoms with Crippen molar-refractivity contribution in [3.05, 3.63) is 68.1 Å². The fourth-order valence-corrected chi connectivity index (χ4v) is 4.17. The van der Waals surface area contributed by atoms with Crippen molar-refractivity contribution in [1.82, 2.24) is 4.90 Å². The minimum absolute atomic E-state index is 0.0892. The van der Waals surface area contributed by atoms with Gasteiger partial charge in [-0.05, 0) is 48.7 Å². The molecule has 0 radical (unpaired) electrons. The maximum Gasteiger partial charge on any atom is 0.270 e. The predicted molar refractivity (Wildman–Crippen MR) is 126 cm³/mol. The fraction of sp³-hybridized carbons (Fsp3) is 0.273. The summed E-state index contributed by atoms with van der Waals surface area (Å²) in [6, 6.07) is 10.4. The maximum atomic E-state index is 12.3. The molecule has 0 unspecified atom stereocenters. The van der Waals surface area contributed by atoms with Crippen LogP contribution in [-0.4, -0.2) is 40.3 Å². The van der Waals surface area contributed by atoms with Gasteiger partial charge >= 0.3 is 0 Å². The van der Waals surface area contributed by atoms with Crippen LogP contribution in [0.5, 0.6) is 11.5 Å². The van der Waals surface area contributed by atoms with Gasteiger partial charge in [0.05, 0.1) is 9.83 Å². The number of hydrogen-bond acceptors (Lipinski definition) is 7. The van der Waals surface area contributed by atoms with Gasteiger partial charge in [0.1, 0.15) is 29.0 Å². The molecule has 0 saturated carbocycles. The number of thiocarbonyl (C=S) groups is 1. The third kappa shape index (κ3) is 5.62. The number of rotatable bonds is 8. The lowest BCUT2D eigenvalue weighted by Gasteiger charge is -2.12. The number of non-ortho nitro benzene ring substituents is 1. The number of benzene rings is 2. The molecule has 9 heteroatoms. The van der Waals surface area contributed by atoms with Crippen molar-refractivity contribution in [1.29, 1.82) is 0 Å². The quantitative estimate of drug-likeness (QED) is 0.186. The summed E-state index contributed by atoms with van der Waals surface area (Å²) >= 11 is 6.29. The van der Waals surface area contributed by atoms with Crippen LogP contribution in [0, 0.1) is 17.0 Å². The third-order valence-corrected chi connectivity index (χ3v) is 6.09. The van der Waals surface area contributed by atoms with Crippen molar-refractivity contribution in [3.8, 4) is 11.5 Å². The third-order valence-electron chi connectivity index (χ3n) is 4.61. The van der Waals surface area contributed by atoms with Crippen LogP contribution in [-0.2, 0) is 11.2 Å². The van der Waals surface area contributed by atoms with Gasteiger partial charge in [0, 0.05) is 24.7 Å².